The van der Waals surface area contributed by atoms with E-state index in [0.717, 1.165) is 15.6 Å². The minimum atomic E-state index is -0.359. The number of amides is 1. The largest absolute Gasteiger partial charge is 0.483 e. The molecule has 0 spiro atoms. The highest BCUT2D eigenvalue weighted by Gasteiger charge is 2.07. The van der Waals surface area contributed by atoms with Crippen molar-refractivity contribution in [1.82, 2.24) is 5.43 Å². The van der Waals surface area contributed by atoms with Crippen LogP contribution >= 0.6 is 15.9 Å². The molecule has 0 saturated carbocycles. The van der Waals surface area contributed by atoms with Gasteiger partial charge < -0.3 is 9.15 Å². The fourth-order valence-electron chi connectivity index (χ4n) is 2.14. The first-order valence-corrected chi connectivity index (χ1v) is 8.35. The summed E-state index contributed by atoms with van der Waals surface area (Å²) < 4.78 is 11.4. The number of carbonyl (C=O) groups excluding carboxylic acids is 1. The van der Waals surface area contributed by atoms with E-state index < -0.39 is 0 Å². The Morgan fingerprint density at radius 3 is 2.68 bits per heavy atom. The molecule has 3 aromatic rings. The summed E-state index contributed by atoms with van der Waals surface area (Å²) in [6, 6.07) is 19.2. The SMILES string of the molecule is O=C(COc1ccc(-c2ccccc2)cc1Br)N/N=C/c1ccco1. The molecule has 1 heterocycles. The van der Waals surface area contributed by atoms with E-state index in [4.69, 9.17) is 9.15 Å². The van der Waals surface area contributed by atoms with Gasteiger partial charge in [-0.25, -0.2) is 5.43 Å². The van der Waals surface area contributed by atoms with Gasteiger partial charge in [-0.3, -0.25) is 4.79 Å². The van der Waals surface area contributed by atoms with Gasteiger partial charge in [-0.1, -0.05) is 36.4 Å². The molecule has 1 aromatic heterocycles. The van der Waals surface area contributed by atoms with Crippen LogP contribution in [0, 0.1) is 0 Å². The van der Waals surface area contributed by atoms with Gasteiger partial charge in [0.05, 0.1) is 17.0 Å². The van der Waals surface area contributed by atoms with Crippen LogP contribution in [0.25, 0.3) is 11.1 Å². The Balaban J connectivity index is 1.55. The zero-order valence-corrected chi connectivity index (χ0v) is 14.8. The zero-order chi connectivity index (χ0) is 17.5. The van der Waals surface area contributed by atoms with Crippen molar-refractivity contribution in [3.63, 3.8) is 0 Å². The van der Waals surface area contributed by atoms with Crippen LogP contribution in [0.15, 0.2) is 80.9 Å². The second-order valence-corrected chi connectivity index (χ2v) is 5.96. The molecular formula is C19H15BrN2O3. The Bertz CT molecular complexity index is 862. The number of hydrogen-bond acceptors (Lipinski definition) is 4. The highest BCUT2D eigenvalue weighted by Crippen LogP contribution is 2.30. The Labute approximate surface area is 153 Å². The fourth-order valence-corrected chi connectivity index (χ4v) is 2.63. The van der Waals surface area contributed by atoms with E-state index in [1.54, 1.807) is 12.1 Å². The summed E-state index contributed by atoms with van der Waals surface area (Å²) in [4.78, 5) is 11.7. The maximum Gasteiger partial charge on any atom is 0.277 e. The molecule has 0 saturated heterocycles. The topological polar surface area (TPSA) is 63.8 Å². The van der Waals surface area contributed by atoms with Gasteiger partial charge >= 0.3 is 0 Å². The number of furan rings is 1. The van der Waals surface area contributed by atoms with E-state index in [1.807, 2.05) is 48.5 Å². The predicted octanol–water partition coefficient (Wildman–Crippen LogP) is 4.24. The predicted molar refractivity (Wildman–Crippen MR) is 99.5 cm³/mol. The van der Waals surface area contributed by atoms with Gasteiger partial charge in [0.1, 0.15) is 11.5 Å². The molecule has 1 N–H and O–H groups in total. The van der Waals surface area contributed by atoms with E-state index in [9.17, 15) is 4.79 Å². The number of nitrogens with one attached hydrogen (secondary N) is 1. The molecule has 0 bridgehead atoms. The molecular weight excluding hydrogens is 384 g/mol. The first-order valence-electron chi connectivity index (χ1n) is 7.55. The van der Waals surface area contributed by atoms with Crippen molar-refractivity contribution in [2.75, 3.05) is 6.61 Å². The van der Waals surface area contributed by atoms with Gasteiger partial charge in [-0.2, -0.15) is 5.10 Å². The zero-order valence-electron chi connectivity index (χ0n) is 13.2. The third-order valence-electron chi connectivity index (χ3n) is 3.32. The van der Waals surface area contributed by atoms with Crippen molar-refractivity contribution < 1.29 is 13.9 Å². The van der Waals surface area contributed by atoms with E-state index in [-0.39, 0.29) is 12.5 Å². The summed E-state index contributed by atoms with van der Waals surface area (Å²) in [5, 5.41) is 3.79. The standard InChI is InChI=1S/C19H15BrN2O3/c20-17-11-15(14-5-2-1-3-6-14)8-9-18(17)25-13-19(23)22-21-12-16-7-4-10-24-16/h1-12H,13H2,(H,22,23)/b21-12+. The number of carbonyl (C=O) groups is 1. The molecule has 0 aliphatic heterocycles. The minimum absolute atomic E-state index is 0.140. The number of rotatable bonds is 6. The third kappa shape index (κ3) is 4.81. The molecule has 3 rings (SSSR count). The number of benzene rings is 2. The Hall–Kier alpha value is -2.86. The normalized spacial score (nSPS) is 10.8. The second-order valence-electron chi connectivity index (χ2n) is 5.11. The van der Waals surface area contributed by atoms with Gasteiger partial charge in [0.2, 0.25) is 0 Å². The van der Waals surface area contributed by atoms with Crippen molar-refractivity contribution in [2.45, 2.75) is 0 Å². The second kappa shape index (κ2) is 8.30. The lowest BCUT2D eigenvalue weighted by molar-refractivity contribution is -0.123. The Kier molecular flexibility index (Phi) is 5.64. The van der Waals surface area contributed by atoms with Crippen molar-refractivity contribution in [3.8, 4) is 16.9 Å². The number of ether oxygens (including phenoxy) is 1. The van der Waals surface area contributed by atoms with Crippen LogP contribution in [-0.2, 0) is 4.79 Å². The Morgan fingerprint density at radius 2 is 1.96 bits per heavy atom. The van der Waals surface area contributed by atoms with Crippen LogP contribution in [0.5, 0.6) is 5.75 Å². The van der Waals surface area contributed by atoms with Gasteiger partial charge in [-0.15, -0.1) is 0 Å². The summed E-state index contributed by atoms with van der Waals surface area (Å²) in [6.07, 6.45) is 2.95. The average molecular weight is 399 g/mol. The van der Waals surface area contributed by atoms with E-state index in [0.29, 0.717) is 11.5 Å². The lowest BCUT2D eigenvalue weighted by atomic mass is 10.1. The lowest BCUT2D eigenvalue weighted by Gasteiger charge is -2.09. The molecule has 1 amide bonds. The molecule has 0 fully saturated rings. The molecule has 2 aromatic carbocycles. The van der Waals surface area contributed by atoms with Crippen LogP contribution in [0.3, 0.4) is 0 Å². The van der Waals surface area contributed by atoms with E-state index in [1.165, 1.54) is 12.5 Å². The molecule has 5 nitrogen and oxygen atoms in total. The Morgan fingerprint density at radius 1 is 1.12 bits per heavy atom. The number of halogens is 1. The van der Waals surface area contributed by atoms with Crippen LogP contribution < -0.4 is 10.2 Å². The van der Waals surface area contributed by atoms with Gasteiger partial charge in [0.15, 0.2) is 6.61 Å². The highest BCUT2D eigenvalue weighted by molar-refractivity contribution is 9.10. The number of hydrogen-bond donors (Lipinski definition) is 1. The van der Waals surface area contributed by atoms with Gasteiger partial charge in [0, 0.05) is 0 Å². The van der Waals surface area contributed by atoms with Crippen LogP contribution in [0.2, 0.25) is 0 Å². The lowest BCUT2D eigenvalue weighted by Crippen LogP contribution is -2.24. The smallest absolute Gasteiger partial charge is 0.277 e. The van der Waals surface area contributed by atoms with E-state index in [2.05, 4.69) is 26.5 Å². The summed E-state index contributed by atoms with van der Waals surface area (Å²) in [6.45, 7) is -0.140. The monoisotopic (exact) mass is 398 g/mol. The summed E-state index contributed by atoms with van der Waals surface area (Å²) in [7, 11) is 0. The van der Waals surface area contributed by atoms with Crippen LogP contribution in [-0.4, -0.2) is 18.7 Å². The van der Waals surface area contributed by atoms with Crippen LogP contribution in [0.4, 0.5) is 0 Å². The van der Waals surface area contributed by atoms with Crippen molar-refractivity contribution in [1.29, 1.82) is 0 Å². The maximum absolute atomic E-state index is 11.7. The molecule has 0 aliphatic carbocycles. The van der Waals surface area contributed by atoms with Crippen molar-refractivity contribution in [3.05, 3.63) is 77.2 Å². The summed E-state index contributed by atoms with van der Waals surface area (Å²) in [5.74, 6) is 0.784. The first kappa shape index (κ1) is 17.0. The molecule has 126 valence electrons. The molecule has 0 radical (unpaired) electrons. The third-order valence-corrected chi connectivity index (χ3v) is 3.94. The molecule has 0 unspecified atom stereocenters. The van der Waals surface area contributed by atoms with Gasteiger partial charge in [-0.05, 0) is 51.3 Å². The number of nitrogens with zero attached hydrogens (tertiary/aromatic N) is 1. The highest BCUT2D eigenvalue weighted by atomic mass is 79.9. The summed E-state index contributed by atoms with van der Waals surface area (Å²) in [5.41, 5.74) is 4.55. The molecule has 25 heavy (non-hydrogen) atoms. The fraction of sp³-hybridized carbons (Fsp3) is 0.0526. The van der Waals surface area contributed by atoms with Gasteiger partial charge in [0.25, 0.3) is 5.91 Å². The van der Waals surface area contributed by atoms with Crippen molar-refractivity contribution >= 4 is 28.1 Å². The number of hydrazone groups is 1. The minimum Gasteiger partial charge on any atom is -0.483 e. The molecule has 6 heteroatoms. The first-order chi connectivity index (χ1) is 12.2. The average Bonchev–Trinajstić information content (AvgIpc) is 3.15. The molecule has 0 atom stereocenters. The van der Waals surface area contributed by atoms with E-state index >= 15 is 0 Å². The maximum atomic E-state index is 11.7. The quantitative estimate of drug-likeness (QED) is 0.498. The molecule has 0 aliphatic rings. The van der Waals surface area contributed by atoms with Crippen LogP contribution in [0.1, 0.15) is 5.76 Å². The van der Waals surface area contributed by atoms with Crippen molar-refractivity contribution in [2.24, 2.45) is 5.10 Å². The summed E-state index contributed by atoms with van der Waals surface area (Å²) >= 11 is 3.47.